The monoisotopic (exact) mass is 190 g/mol. The van der Waals surface area contributed by atoms with Gasteiger partial charge in [-0.2, -0.15) is 0 Å². The van der Waals surface area contributed by atoms with Crippen molar-refractivity contribution in [3.8, 4) is 0 Å². The van der Waals surface area contributed by atoms with Gasteiger partial charge in [-0.15, -0.1) is 0 Å². The molecule has 3 heteroatoms. The van der Waals surface area contributed by atoms with Gasteiger partial charge in [0.25, 0.3) is 0 Å². The number of benzene rings is 1. The molecule has 1 aromatic rings. The van der Waals surface area contributed by atoms with E-state index in [0.717, 1.165) is 0 Å². The van der Waals surface area contributed by atoms with Crippen molar-refractivity contribution in [3.63, 3.8) is 0 Å². The predicted molar refractivity (Wildman–Crippen MR) is 45.8 cm³/mol. The predicted octanol–water partition coefficient (Wildman–Crippen LogP) is 3.55. The van der Waals surface area contributed by atoms with E-state index in [1.807, 2.05) is 0 Å². The fourth-order valence-electron chi connectivity index (χ4n) is 0.975. The Morgan fingerprint density at radius 3 is 2.75 bits per heavy atom. The van der Waals surface area contributed by atoms with Crippen molar-refractivity contribution in [2.75, 3.05) is 6.67 Å². The summed E-state index contributed by atoms with van der Waals surface area (Å²) in [6, 6.07) is 4.16. The van der Waals surface area contributed by atoms with Gasteiger partial charge in [-0.1, -0.05) is 18.5 Å². The lowest BCUT2D eigenvalue weighted by molar-refractivity contribution is 0.437. The number of alkyl halides is 1. The van der Waals surface area contributed by atoms with Gasteiger partial charge in [0.05, 0.1) is 6.67 Å². The average molecular weight is 191 g/mol. The van der Waals surface area contributed by atoms with Crippen molar-refractivity contribution in [1.29, 1.82) is 0 Å². The lowest BCUT2D eigenvalue weighted by atomic mass is 10.0. The van der Waals surface area contributed by atoms with Crippen molar-refractivity contribution in [2.45, 2.75) is 12.8 Å². The molecule has 1 rings (SSSR count). The van der Waals surface area contributed by atoms with Crippen LogP contribution in [0.4, 0.5) is 8.78 Å². The zero-order chi connectivity index (χ0) is 9.14. The fourth-order valence-corrected chi connectivity index (χ4v) is 1.16. The molecule has 0 heterocycles. The highest BCUT2D eigenvalue weighted by atomic mass is 35.5. The van der Waals surface area contributed by atoms with Crippen LogP contribution in [0.1, 0.15) is 18.4 Å². The standard InChI is InChI=1S/C9H9ClF2/c1-6(5-11)8-4-7(10)2-3-9(8)12/h2-4,6H,5H2,1H3. The van der Waals surface area contributed by atoms with Gasteiger partial charge in [0, 0.05) is 10.9 Å². The topological polar surface area (TPSA) is 0 Å². The number of halogens is 3. The Hall–Kier alpha value is -0.630. The van der Waals surface area contributed by atoms with E-state index >= 15 is 0 Å². The first-order valence-electron chi connectivity index (χ1n) is 3.66. The Morgan fingerprint density at radius 1 is 1.50 bits per heavy atom. The zero-order valence-electron chi connectivity index (χ0n) is 6.65. The Labute approximate surface area is 75.2 Å². The molecule has 1 atom stereocenters. The van der Waals surface area contributed by atoms with Gasteiger partial charge in [-0.25, -0.2) is 4.39 Å². The van der Waals surface area contributed by atoms with Gasteiger partial charge >= 0.3 is 0 Å². The third kappa shape index (κ3) is 1.95. The molecule has 1 aromatic carbocycles. The van der Waals surface area contributed by atoms with Gasteiger partial charge in [0.2, 0.25) is 0 Å². The minimum atomic E-state index is -0.572. The number of rotatable bonds is 2. The minimum absolute atomic E-state index is 0.338. The van der Waals surface area contributed by atoms with Crippen molar-refractivity contribution < 1.29 is 8.78 Å². The molecule has 0 aromatic heterocycles. The molecule has 0 saturated heterocycles. The van der Waals surface area contributed by atoms with Crippen LogP contribution in [0.3, 0.4) is 0 Å². The summed E-state index contributed by atoms with van der Waals surface area (Å²) in [7, 11) is 0. The quantitative estimate of drug-likeness (QED) is 0.669. The Morgan fingerprint density at radius 2 is 2.17 bits per heavy atom. The first-order valence-corrected chi connectivity index (χ1v) is 4.04. The van der Waals surface area contributed by atoms with Crippen LogP contribution in [0, 0.1) is 5.82 Å². The summed E-state index contributed by atoms with van der Waals surface area (Å²) >= 11 is 5.63. The van der Waals surface area contributed by atoms with Crippen LogP contribution in [0.15, 0.2) is 18.2 Å². The Kier molecular flexibility index (Phi) is 3.04. The second-order valence-corrected chi connectivity index (χ2v) is 3.16. The van der Waals surface area contributed by atoms with E-state index in [9.17, 15) is 8.78 Å². The van der Waals surface area contributed by atoms with E-state index in [0.29, 0.717) is 10.6 Å². The van der Waals surface area contributed by atoms with Crippen molar-refractivity contribution in [1.82, 2.24) is 0 Å². The summed E-state index contributed by atoms with van der Waals surface area (Å²) in [6.07, 6.45) is 0. The molecule has 12 heavy (non-hydrogen) atoms. The largest absolute Gasteiger partial charge is 0.250 e. The van der Waals surface area contributed by atoms with E-state index in [1.54, 1.807) is 6.92 Å². The molecule has 0 aliphatic carbocycles. The molecule has 0 radical (unpaired) electrons. The van der Waals surface area contributed by atoms with E-state index in [4.69, 9.17) is 11.6 Å². The third-order valence-electron chi connectivity index (χ3n) is 1.72. The summed E-state index contributed by atoms with van der Waals surface area (Å²) in [6.45, 7) is 1.05. The molecule has 0 spiro atoms. The van der Waals surface area contributed by atoms with E-state index < -0.39 is 18.4 Å². The van der Waals surface area contributed by atoms with Gasteiger partial charge in [-0.3, -0.25) is 4.39 Å². The number of hydrogen-bond acceptors (Lipinski definition) is 0. The molecule has 0 amide bonds. The van der Waals surface area contributed by atoms with E-state index in [-0.39, 0.29) is 0 Å². The van der Waals surface area contributed by atoms with Crippen LogP contribution in [0.2, 0.25) is 5.02 Å². The second-order valence-electron chi connectivity index (χ2n) is 2.72. The third-order valence-corrected chi connectivity index (χ3v) is 1.96. The van der Waals surface area contributed by atoms with Gasteiger partial charge < -0.3 is 0 Å². The van der Waals surface area contributed by atoms with Gasteiger partial charge in [0.15, 0.2) is 0 Å². The molecule has 0 saturated carbocycles. The zero-order valence-corrected chi connectivity index (χ0v) is 7.41. The second kappa shape index (κ2) is 3.85. The molecule has 1 unspecified atom stereocenters. The molecule has 66 valence electrons. The Bertz CT molecular complexity index is 273. The molecule has 0 aliphatic heterocycles. The highest BCUT2D eigenvalue weighted by molar-refractivity contribution is 6.30. The van der Waals surface area contributed by atoms with Crippen molar-refractivity contribution in [3.05, 3.63) is 34.6 Å². The average Bonchev–Trinajstić information content (AvgIpc) is 2.08. The molecule has 0 bridgehead atoms. The molecular weight excluding hydrogens is 182 g/mol. The van der Waals surface area contributed by atoms with Crippen LogP contribution >= 0.6 is 11.6 Å². The SMILES string of the molecule is CC(CF)c1cc(Cl)ccc1F. The lowest BCUT2D eigenvalue weighted by Crippen LogP contribution is -1.98. The van der Waals surface area contributed by atoms with Crippen LogP contribution in [-0.4, -0.2) is 6.67 Å². The smallest absolute Gasteiger partial charge is 0.126 e. The first kappa shape index (κ1) is 9.46. The van der Waals surface area contributed by atoms with Crippen molar-refractivity contribution in [2.24, 2.45) is 0 Å². The molecule has 0 aliphatic rings. The van der Waals surface area contributed by atoms with Crippen LogP contribution in [0.5, 0.6) is 0 Å². The summed E-state index contributed by atoms with van der Waals surface area (Å²) in [5.74, 6) is -0.826. The molecule has 0 fully saturated rings. The summed E-state index contributed by atoms with van der Waals surface area (Å²) in [5, 5.41) is 0.437. The highest BCUT2D eigenvalue weighted by Crippen LogP contribution is 2.22. The van der Waals surface area contributed by atoms with Crippen LogP contribution < -0.4 is 0 Å². The normalized spacial score (nSPS) is 13.0. The summed E-state index contributed by atoms with van der Waals surface area (Å²) in [5.41, 5.74) is 0.338. The summed E-state index contributed by atoms with van der Waals surface area (Å²) in [4.78, 5) is 0. The maximum atomic E-state index is 13.0. The lowest BCUT2D eigenvalue weighted by Gasteiger charge is -2.08. The Balaban J connectivity index is 3.04. The van der Waals surface area contributed by atoms with E-state index in [1.165, 1.54) is 18.2 Å². The maximum Gasteiger partial charge on any atom is 0.126 e. The van der Waals surface area contributed by atoms with E-state index in [2.05, 4.69) is 0 Å². The fraction of sp³-hybridized carbons (Fsp3) is 0.333. The number of hydrogen-bond donors (Lipinski definition) is 0. The van der Waals surface area contributed by atoms with Crippen LogP contribution in [-0.2, 0) is 0 Å². The van der Waals surface area contributed by atoms with Crippen LogP contribution in [0.25, 0.3) is 0 Å². The van der Waals surface area contributed by atoms with Gasteiger partial charge in [-0.05, 0) is 23.8 Å². The maximum absolute atomic E-state index is 13.0. The first-order chi connectivity index (χ1) is 5.65. The minimum Gasteiger partial charge on any atom is -0.250 e. The molecule has 0 N–H and O–H groups in total. The highest BCUT2D eigenvalue weighted by Gasteiger charge is 2.10. The van der Waals surface area contributed by atoms with Crippen molar-refractivity contribution >= 4 is 11.6 Å². The molecular formula is C9H9ClF2. The summed E-state index contributed by atoms with van der Waals surface area (Å²) < 4.78 is 25.2. The molecule has 0 nitrogen and oxygen atoms in total. The van der Waals surface area contributed by atoms with Gasteiger partial charge in [0.1, 0.15) is 5.82 Å².